The zero-order valence-electron chi connectivity index (χ0n) is 8.68. The number of hydrogen-bond acceptors (Lipinski definition) is 2. The average molecular weight is 185 g/mol. The Hall–Kier alpha value is -1.26. The van der Waals surface area contributed by atoms with Gasteiger partial charge in [-0.15, -0.1) is 0 Å². The van der Waals surface area contributed by atoms with E-state index in [1.165, 1.54) is 0 Å². The summed E-state index contributed by atoms with van der Waals surface area (Å²) >= 11 is 0. The van der Waals surface area contributed by atoms with Gasteiger partial charge in [-0.1, -0.05) is 0 Å². The van der Waals surface area contributed by atoms with Crippen molar-refractivity contribution in [1.29, 1.82) is 5.41 Å². The first-order chi connectivity index (χ1) is 5.91. The van der Waals surface area contributed by atoms with Crippen molar-refractivity contribution in [3.63, 3.8) is 0 Å². The minimum atomic E-state index is -0.104. The predicted octanol–water partition coefficient (Wildman–Crippen LogP) is 0.232. The molecule has 0 aliphatic heterocycles. The molecule has 0 amide bonds. The Morgan fingerprint density at radius 3 is 2.15 bits per heavy atom. The van der Waals surface area contributed by atoms with E-state index in [0.717, 1.165) is 0 Å². The van der Waals surface area contributed by atoms with Crippen molar-refractivity contribution in [1.82, 2.24) is 10.6 Å². The van der Waals surface area contributed by atoms with E-state index in [0.29, 0.717) is 5.96 Å². The third-order valence-corrected chi connectivity index (χ3v) is 1.07. The molecule has 0 aromatic rings. The summed E-state index contributed by atoms with van der Waals surface area (Å²) in [5.74, 6) is 0.449. The summed E-state index contributed by atoms with van der Waals surface area (Å²) in [7, 11) is 0. The molecular weight excluding hydrogens is 166 g/mol. The van der Waals surface area contributed by atoms with E-state index in [1.54, 1.807) is 0 Å². The van der Waals surface area contributed by atoms with Gasteiger partial charge in [-0.2, -0.15) is 0 Å². The molecule has 0 saturated carbocycles. The van der Waals surface area contributed by atoms with E-state index >= 15 is 0 Å². The first kappa shape index (κ1) is 11.7. The lowest BCUT2D eigenvalue weighted by atomic mass is 10.4. The monoisotopic (exact) mass is 185 g/mol. The van der Waals surface area contributed by atoms with Crippen LogP contribution in [0.5, 0.6) is 0 Å². The van der Waals surface area contributed by atoms with E-state index in [9.17, 15) is 0 Å². The number of hydrogen-bond donors (Lipinski definition) is 4. The van der Waals surface area contributed by atoms with Gasteiger partial charge in [-0.05, 0) is 27.7 Å². The fourth-order valence-electron chi connectivity index (χ4n) is 0.765. The first-order valence-electron chi connectivity index (χ1n) is 4.37. The normalized spacial score (nSPS) is 12.0. The highest BCUT2D eigenvalue weighted by Crippen LogP contribution is 1.86. The van der Waals surface area contributed by atoms with Crippen LogP contribution in [0.25, 0.3) is 0 Å². The Balaban J connectivity index is 4.27. The third kappa shape index (κ3) is 7.11. The average Bonchev–Trinajstić information content (AvgIpc) is 1.80. The fourth-order valence-corrected chi connectivity index (χ4v) is 0.765. The van der Waals surface area contributed by atoms with Gasteiger partial charge in [0.2, 0.25) is 0 Å². The molecule has 0 atom stereocenters. The molecule has 0 radical (unpaired) electrons. The molecule has 76 valence electrons. The maximum absolute atomic E-state index is 7.06. The van der Waals surface area contributed by atoms with Crippen molar-refractivity contribution in [2.45, 2.75) is 39.8 Å². The standard InChI is InChI=1S/C8H19N5/c1-5(2)11-8(12-6(3)4)13-7(9)10/h5-6H,1-4H3,(H5,9,10,11,12,13). The van der Waals surface area contributed by atoms with E-state index < -0.39 is 0 Å². The molecular formula is C8H19N5. The second-order valence-corrected chi connectivity index (χ2v) is 3.41. The first-order valence-corrected chi connectivity index (χ1v) is 4.37. The molecule has 0 spiro atoms. The zero-order valence-corrected chi connectivity index (χ0v) is 8.68. The Morgan fingerprint density at radius 2 is 1.85 bits per heavy atom. The van der Waals surface area contributed by atoms with Crippen LogP contribution in [0.2, 0.25) is 0 Å². The lowest BCUT2D eigenvalue weighted by Gasteiger charge is -2.14. The fraction of sp³-hybridized carbons (Fsp3) is 0.750. The van der Waals surface area contributed by atoms with Gasteiger partial charge in [0.1, 0.15) is 0 Å². The molecule has 0 bridgehead atoms. The van der Waals surface area contributed by atoms with Crippen molar-refractivity contribution in [3.05, 3.63) is 0 Å². The van der Waals surface area contributed by atoms with Crippen molar-refractivity contribution in [3.8, 4) is 0 Å². The maximum atomic E-state index is 7.06. The molecule has 0 heterocycles. The van der Waals surface area contributed by atoms with Gasteiger partial charge >= 0.3 is 0 Å². The Morgan fingerprint density at radius 1 is 1.31 bits per heavy atom. The van der Waals surface area contributed by atoms with Crippen molar-refractivity contribution in [2.75, 3.05) is 0 Å². The summed E-state index contributed by atoms with van der Waals surface area (Å²) in [6.07, 6.45) is 0. The maximum Gasteiger partial charge on any atom is 0.198 e. The molecule has 0 aromatic heterocycles. The van der Waals surface area contributed by atoms with Crippen LogP contribution in [-0.2, 0) is 0 Å². The summed E-state index contributed by atoms with van der Waals surface area (Å²) in [5.41, 5.74) is 5.20. The minimum absolute atomic E-state index is 0.104. The molecule has 0 aromatic carbocycles. The molecule has 0 aliphatic rings. The van der Waals surface area contributed by atoms with Crippen LogP contribution in [0, 0.1) is 5.41 Å². The number of rotatable bonds is 2. The second kappa shape index (κ2) is 5.40. The van der Waals surface area contributed by atoms with Gasteiger partial charge in [0.15, 0.2) is 11.9 Å². The lowest BCUT2D eigenvalue weighted by Crippen LogP contribution is -2.46. The number of nitrogens with zero attached hydrogens (tertiary/aromatic N) is 1. The van der Waals surface area contributed by atoms with Crippen LogP contribution in [0.3, 0.4) is 0 Å². The summed E-state index contributed by atoms with van der Waals surface area (Å²) in [6.45, 7) is 7.92. The highest BCUT2D eigenvalue weighted by molar-refractivity contribution is 5.96. The lowest BCUT2D eigenvalue weighted by molar-refractivity contribution is 0.705. The van der Waals surface area contributed by atoms with Gasteiger partial charge in [-0.3, -0.25) is 15.7 Å². The van der Waals surface area contributed by atoms with Crippen LogP contribution >= 0.6 is 0 Å². The molecule has 0 aliphatic carbocycles. The Bertz CT molecular complexity index is 195. The van der Waals surface area contributed by atoms with Gasteiger partial charge in [0.25, 0.3) is 0 Å². The summed E-state index contributed by atoms with van der Waals surface area (Å²) in [4.78, 5) is 4.23. The van der Waals surface area contributed by atoms with Crippen molar-refractivity contribution < 1.29 is 0 Å². The molecule has 13 heavy (non-hydrogen) atoms. The summed E-state index contributed by atoms with van der Waals surface area (Å²) in [6, 6.07) is 0.442. The van der Waals surface area contributed by atoms with Crippen LogP contribution < -0.4 is 16.4 Å². The van der Waals surface area contributed by atoms with Crippen molar-refractivity contribution >= 4 is 11.9 Å². The van der Waals surface area contributed by atoms with Crippen LogP contribution in [0.1, 0.15) is 27.7 Å². The predicted molar refractivity (Wildman–Crippen MR) is 55.9 cm³/mol. The largest absolute Gasteiger partial charge is 0.370 e. The van der Waals surface area contributed by atoms with Gasteiger partial charge in [0, 0.05) is 12.1 Å². The number of aliphatic imine (C=N–C) groups is 1. The molecule has 5 heteroatoms. The number of nitrogens with one attached hydrogen (secondary N) is 3. The van der Waals surface area contributed by atoms with Crippen LogP contribution in [0.15, 0.2) is 4.99 Å². The highest BCUT2D eigenvalue weighted by Gasteiger charge is 2.02. The zero-order chi connectivity index (χ0) is 10.4. The SMILES string of the molecule is CC(C)/N=C(\NC(=N)N)NC(C)C. The summed E-state index contributed by atoms with van der Waals surface area (Å²) in [5, 5.41) is 12.8. The van der Waals surface area contributed by atoms with E-state index in [-0.39, 0.29) is 18.0 Å². The van der Waals surface area contributed by atoms with Gasteiger partial charge in [0.05, 0.1) is 0 Å². The molecule has 5 N–H and O–H groups in total. The number of guanidine groups is 2. The molecule has 5 nitrogen and oxygen atoms in total. The Kier molecular flexibility index (Phi) is 4.87. The van der Waals surface area contributed by atoms with E-state index in [1.807, 2.05) is 27.7 Å². The van der Waals surface area contributed by atoms with E-state index in [2.05, 4.69) is 15.6 Å². The quantitative estimate of drug-likeness (QED) is 0.367. The topological polar surface area (TPSA) is 86.3 Å². The second-order valence-electron chi connectivity index (χ2n) is 3.41. The molecule has 0 rings (SSSR count). The van der Waals surface area contributed by atoms with Crippen LogP contribution in [0.4, 0.5) is 0 Å². The number of nitrogens with two attached hydrogens (primary N) is 1. The minimum Gasteiger partial charge on any atom is -0.370 e. The molecule has 0 fully saturated rings. The molecule has 0 unspecified atom stereocenters. The summed E-state index contributed by atoms with van der Waals surface area (Å²) < 4.78 is 0. The highest BCUT2D eigenvalue weighted by atomic mass is 15.2. The van der Waals surface area contributed by atoms with Gasteiger partial charge < -0.3 is 11.1 Å². The van der Waals surface area contributed by atoms with E-state index in [4.69, 9.17) is 11.1 Å². The van der Waals surface area contributed by atoms with Crippen molar-refractivity contribution in [2.24, 2.45) is 10.7 Å². The smallest absolute Gasteiger partial charge is 0.198 e. The van der Waals surface area contributed by atoms with Gasteiger partial charge in [-0.25, -0.2) is 0 Å². The Labute approximate surface area is 79.3 Å². The molecule has 0 saturated heterocycles. The third-order valence-electron chi connectivity index (χ3n) is 1.07. The van der Waals surface area contributed by atoms with Crippen LogP contribution in [-0.4, -0.2) is 24.0 Å².